The van der Waals surface area contributed by atoms with E-state index < -0.39 is 46.3 Å². The van der Waals surface area contributed by atoms with Crippen LogP contribution in [0.25, 0.3) is 0 Å². The standard InChI is InChI=1S/C16H10F8O2/c17-13(9-1-5-11(25)6-2-9,10-3-7-12(26)8-4-10)14(18,19)15(20,21)16(22,23)24/h1-8,25-26H. The number of aromatic hydroxyl groups is 2. The number of halogens is 8. The molecule has 0 heterocycles. The summed E-state index contributed by atoms with van der Waals surface area (Å²) in [7, 11) is 0. The summed E-state index contributed by atoms with van der Waals surface area (Å²) in [5.74, 6) is -14.1. The van der Waals surface area contributed by atoms with Crippen molar-refractivity contribution in [2.24, 2.45) is 0 Å². The largest absolute Gasteiger partial charge is 0.508 e. The Bertz CT molecular complexity index is 721. The Morgan fingerprint density at radius 2 is 0.808 bits per heavy atom. The Labute approximate surface area is 141 Å². The molecule has 0 aliphatic rings. The van der Waals surface area contributed by atoms with Gasteiger partial charge in [0, 0.05) is 11.1 Å². The molecule has 0 fully saturated rings. The van der Waals surface area contributed by atoms with Crippen LogP contribution in [0, 0.1) is 0 Å². The Balaban J connectivity index is 2.79. The molecular weight excluding hydrogens is 376 g/mol. The highest BCUT2D eigenvalue weighted by Gasteiger charge is 2.81. The summed E-state index contributed by atoms with van der Waals surface area (Å²) in [4.78, 5) is 0. The van der Waals surface area contributed by atoms with E-state index in [0.29, 0.717) is 48.5 Å². The van der Waals surface area contributed by atoms with Crippen LogP contribution in [0.4, 0.5) is 35.1 Å². The number of phenolic OH excluding ortho intramolecular Hbond substituents is 2. The molecule has 2 N–H and O–H groups in total. The van der Waals surface area contributed by atoms with Crippen LogP contribution >= 0.6 is 0 Å². The Morgan fingerprint density at radius 3 is 1.08 bits per heavy atom. The fourth-order valence-corrected chi connectivity index (χ4v) is 2.31. The van der Waals surface area contributed by atoms with Crippen LogP contribution in [-0.2, 0) is 5.67 Å². The predicted octanol–water partition coefficient (Wildman–Crippen LogP) is 5.14. The normalized spacial score (nSPS) is 13.7. The third kappa shape index (κ3) is 2.82. The van der Waals surface area contributed by atoms with E-state index in [1.165, 1.54) is 0 Å². The van der Waals surface area contributed by atoms with Gasteiger partial charge in [0.1, 0.15) is 11.5 Å². The first-order valence-electron chi connectivity index (χ1n) is 6.85. The fraction of sp³-hybridized carbons (Fsp3) is 0.250. The van der Waals surface area contributed by atoms with Gasteiger partial charge in [-0.15, -0.1) is 0 Å². The number of phenols is 2. The summed E-state index contributed by atoms with van der Waals surface area (Å²) in [5, 5.41) is 18.3. The van der Waals surface area contributed by atoms with E-state index in [1.54, 1.807) is 0 Å². The van der Waals surface area contributed by atoms with Gasteiger partial charge in [-0.05, 0) is 24.3 Å². The molecule has 2 rings (SSSR count). The zero-order chi connectivity index (χ0) is 20.0. The zero-order valence-corrected chi connectivity index (χ0v) is 12.5. The highest BCUT2D eigenvalue weighted by atomic mass is 19.4. The molecule has 0 bridgehead atoms. The van der Waals surface area contributed by atoms with Gasteiger partial charge in [-0.25, -0.2) is 4.39 Å². The molecule has 0 aromatic heterocycles. The second-order valence-corrected chi connectivity index (χ2v) is 5.40. The molecule has 0 amide bonds. The van der Waals surface area contributed by atoms with Gasteiger partial charge in [0.15, 0.2) is 0 Å². The van der Waals surface area contributed by atoms with Crippen molar-refractivity contribution in [3.05, 3.63) is 59.7 Å². The third-order valence-corrected chi connectivity index (χ3v) is 3.71. The number of hydrogen-bond acceptors (Lipinski definition) is 2. The molecule has 0 unspecified atom stereocenters. The quantitative estimate of drug-likeness (QED) is 0.714. The van der Waals surface area contributed by atoms with Crippen LogP contribution < -0.4 is 0 Å². The van der Waals surface area contributed by atoms with Gasteiger partial charge in [0.2, 0.25) is 5.67 Å². The van der Waals surface area contributed by atoms with E-state index in [1.807, 2.05) is 0 Å². The highest BCUT2D eigenvalue weighted by molar-refractivity contribution is 5.43. The third-order valence-electron chi connectivity index (χ3n) is 3.71. The molecule has 2 aromatic rings. The van der Waals surface area contributed by atoms with E-state index in [-0.39, 0.29) is 0 Å². The minimum Gasteiger partial charge on any atom is -0.508 e. The lowest BCUT2D eigenvalue weighted by atomic mass is 9.79. The Morgan fingerprint density at radius 1 is 0.500 bits per heavy atom. The minimum atomic E-state index is -6.73. The van der Waals surface area contributed by atoms with Gasteiger partial charge in [-0.3, -0.25) is 0 Å². The molecule has 10 heteroatoms. The van der Waals surface area contributed by atoms with Gasteiger partial charge in [0.05, 0.1) is 0 Å². The Hall–Kier alpha value is -2.52. The van der Waals surface area contributed by atoms with Crippen molar-refractivity contribution in [1.82, 2.24) is 0 Å². The smallest absolute Gasteiger partial charge is 0.460 e. The first-order valence-corrected chi connectivity index (χ1v) is 6.85. The lowest BCUT2D eigenvalue weighted by molar-refractivity contribution is -0.377. The summed E-state index contributed by atoms with van der Waals surface area (Å²) in [5.41, 5.74) is -7.10. The summed E-state index contributed by atoms with van der Waals surface area (Å²) in [6.45, 7) is 0. The molecular formula is C16H10F8O2. The van der Waals surface area contributed by atoms with Crippen LogP contribution in [0.1, 0.15) is 11.1 Å². The maximum atomic E-state index is 15.4. The lowest BCUT2D eigenvalue weighted by Gasteiger charge is -2.39. The van der Waals surface area contributed by atoms with Gasteiger partial charge in [-0.1, -0.05) is 24.3 Å². The monoisotopic (exact) mass is 386 g/mol. The second kappa shape index (κ2) is 6.03. The van der Waals surface area contributed by atoms with Crippen molar-refractivity contribution in [3.63, 3.8) is 0 Å². The first kappa shape index (κ1) is 19.8. The molecule has 2 aromatic carbocycles. The van der Waals surface area contributed by atoms with Crippen LogP contribution in [0.15, 0.2) is 48.5 Å². The predicted molar refractivity (Wildman–Crippen MR) is 74.1 cm³/mol. The maximum absolute atomic E-state index is 15.4. The van der Waals surface area contributed by atoms with Crippen molar-refractivity contribution in [2.45, 2.75) is 23.7 Å². The number of alkyl halides is 8. The van der Waals surface area contributed by atoms with Crippen LogP contribution in [0.5, 0.6) is 11.5 Å². The summed E-state index contributed by atoms with van der Waals surface area (Å²) in [6, 6.07) is 4.48. The van der Waals surface area contributed by atoms with Crippen LogP contribution in [0.3, 0.4) is 0 Å². The molecule has 0 aliphatic heterocycles. The van der Waals surface area contributed by atoms with Crippen molar-refractivity contribution in [3.8, 4) is 11.5 Å². The van der Waals surface area contributed by atoms with E-state index in [0.717, 1.165) is 0 Å². The van der Waals surface area contributed by atoms with Crippen molar-refractivity contribution < 1.29 is 45.3 Å². The van der Waals surface area contributed by atoms with Gasteiger partial charge < -0.3 is 10.2 Å². The molecule has 0 atom stereocenters. The molecule has 2 nitrogen and oxygen atoms in total. The molecule has 0 radical (unpaired) electrons. The molecule has 142 valence electrons. The maximum Gasteiger partial charge on any atom is 0.460 e. The highest BCUT2D eigenvalue weighted by Crippen LogP contribution is 2.58. The van der Waals surface area contributed by atoms with Crippen LogP contribution in [-0.4, -0.2) is 28.2 Å². The lowest BCUT2D eigenvalue weighted by Crippen LogP contribution is -2.61. The molecule has 0 saturated carbocycles. The molecule has 0 spiro atoms. The van der Waals surface area contributed by atoms with Gasteiger partial charge in [0.25, 0.3) is 0 Å². The van der Waals surface area contributed by atoms with Crippen LogP contribution in [0.2, 0.25) is 0 Å². The summed E-state index contributed by atoms with van der Waals surface area (Å²) >= 11 is 0. The second-order valence-electron chi connectivity index (χ2n) is 5.40. The summed E-state index contributed by atoms with van der Waals surface area (Å²) in [6.07, 6.45) is -6.73. The van der Waals surface area contributed by atoms with E-state index >= 15 is 4.39 Å². The van der Waals surface area contributed by atoms with Crippen molar-refractivity contribution in [2.75, 3.05) is 0 Å². The minimum absolute atomic E-state index is 0.461. The van der Waals surface area contributed by atoms with Crippen molar-refractivity contribution in [1.29, 1.82) is 0 Å². The topological polar surface area (TPSA) is 40.5 Å². The van der Waals surface area contributed by atoms with Crippen molar-refractivity contribution >= 4 is 0 Å². The fourth-order valence-electron chi connectivity index (χ4n) is 2.31. The zero-order valence-electron chi connectivity index (χ0n) is 12.5. The van der Waals surface area contributed by atoms with E-state index in [4.69, 9.17) is 10.2 Å². The number of benzene rings is 2. The molecule has 26 heavy (non-hydrogen) atoms. The van der Waals surface area contributed by atoms with E-state index in [2.05, 4.69) is 0 Å². The molecule has 0 saturated heterocycles. The summed E-state index contributed by atoms with van der Waals surface area (Å²) < 4.78 is 109. The number of rotatable bonds is 4. The van der Waals surface area contributed by atoms with Gasteiger partial charge in [-0.2, -0.15) is 30.7 Å². The SMILES string of the molecule is Oc1ccc(C(F)(c2ccc(O)cc2)C(F)(F)C(F)(F)C(F)(F)F)cc1. The number of hydrogen-bond donors (Lipinski definition) is 2. The average Bonchev–Trinajstić information content (AvgIpc) is 2.54. The van der Waals surface area contributed by atoms with Gasteiger partial charge >= 0.3 is 18.0 Å². The first-order chi connectivity index (χ1) is 11.7. The Kier molecular flexibility index (Phi) is 4.59. The average molecular weight is 386 g/mol. The molecule has 0 aliphatic carbocycles. The van der Waals surface area contributed by atoms with E-state index in [9.17, 15) is 30.7 Å².